The molecule has 3 rings (SSSR count). The van der Waals surface area contributed by atoms with Gasteiger partial charge in [0.2, 0.25) is 5.91 Å². The summed E-state index contributed by atoms with van der Waals surface area (Å²) in [6, 6.07) is 10.5. The fourth-order valence-corrected chi connectivity index (χ4v) is 3.10. The van der Waals surface area contributed by atoms with Gasteiger partial charge < -0.3 is 4.90 Å². The van der Waals surface area contributed by atoms with Crippen molar-refractivity contribution in [2.24, 2.45) is 11.0 Å². The molecule has 1 aromatic rings. The zero-order valence-electron chi connectivity index (χ0n) is 12.6. The third-order valence-electron chi connectivity index (χ3n) is 4.42. The van der Waals surface area contributed by atoms with E-state index in [9.17, 15) is 9.59 Å². The molecule has 0 radical (unpaired) electrons. The highest BCUT2D eigenvalue weighted by Crippen LogP contribution is 2.22. The van der Waals surface area contributed by atoms with Crippen LogP contribution in [0.2, 0.25) is 0 Å². The lowest BCUT2D eigenvalue weighted by Crippen LogP contribution is -2.44. The Kier molecular flexibility index (Phi) is 4.51. The van der Waals surface area contributed by atoms with Crippen molar-refractivity contribution in [1.29, 1.82) is 0 Å². The van der Waals surface area contributed by atoms with Crippen molar-refractivity contribution in [2.75, 3.05) is 13.1 Å². The molecule has 0 aromatic heterocycles. The Morgan fingerprint density at radius 3 is 2.55 bits per heavy atom. The predicted molar refractivity (Wildman–Crippen MR) is 84.3 cm³/mol. The Hall–Kier alpha value is -2.17. The summed E-state index contributed by atoms with van der Waals surface area (Å²) in [5.74, 6) is 0.510. The number of carbonyl (C=O) groups is 2. The van der Waals surface area contributed by atoms with Gasteiger partial charge in [-0.25, -0.2) is 5.43 Å². The third-order valence-corrected chi connectivity index (χ3v) is 4.42. The number of hydrogen-bond acceptors (Lipinski definition) is 3. The highest BCUT2D eigenvalue weighted by Gasteiger charge is 2.27. The second-order valence-corrected chi connectivity index (χ2v) is 6.02. The van der Waals surface area contributed by atoms with Gasteiger partial charge >= 0.3 is 0 Å². The van der Waals surface area contributed by atoms with Gasteiger partial charge in [0.15, 0.2) is 0 Å². The van der Waals surface area contributed by atoms with Gasteiger partial charge in [-0.15, -0.1) is 0 Å². The summed E-state index contributed by atoms with van der Waals surface area (Å²) >= 11 is 0. The highest BCUT2D eigenvalue weighted by atomic mass is 16.2. The molecule has 1 saturated heterocycles. The molecular formula is C17H21N3O2. The monoisotopic (exact) mass is 299 g/mol. The number of hydrogen-bond donors (Lipinski definition) is 1. The molecule has 0 saturated carbocycles. The van der Waals surface area contributed by atoms with E-state index in [-0.39, 0.29) is 11.8 Å². The van der Waals surface area contributed by atoms with Gasteiger partial charge in [-0.05, 0) is 30.7 Å². The van der Waals surface area contributed by atoms with E-state index in [2.05, 4.69) is 34.8 Å². The molecule has 2 amide bonds. The Bertz CT molecular complexity index is 575. The van der Waals surface area contributed by atoms with E-state index in [0.29, 0.717) is 24.5 Å². The molecule has 0 aliphatic carbocycles. The minimum atomic E-state index is -0.113. The van der Waals surface area contributed by atoms with Crippen LogP contribution in [0.4, 0.5) is 0 Å². The van der Waals surface area contributed by atoms with Crippen molar-refractivity contribution in [2.45, 2.75) is 32.1 Å². The molecule has 5 heteroatoms. The molecule has 1 fully saturated rings. The van der Waals surface area contributed by atoms with Crippen molar-refractivity contribution in [3.05, 3.63) is 35.9 Å². The number of likely N-dealkylation sites (tertiary alicyclic amines) is 1. The van der Waals surface area contributed by atoms with Crippen LogP contribution in [0.5, 0.6) is 0 Å². The van der Waals surface area contributed by atoms with Crippen LogP contribution in [-0.2, 0) is 16.0 Å². The number of benzene rings is 1. The number of nitrogens with one attached hydrogen (secondary N) is 1. The summed E-state index contributed by atoms with van der Waals surface area (Å²) in [6.45, 7) is 1.56. The number of carbonyl (C=O) groups excluding carboxylic acids is 2. The lowest BCUT2D eigenvalue weighted by Gasteiger charge is -2.32. The van der Waals surface area contributed by atoms with Crippen molar-refractivity contribution in [3.8, 4) is 0 Å². The zero-order chi connectivity index (χ0) is 15.4. The summed E-state index contributed by atoms with van der Waals surface area (Å²) in [6.07, 6.45) is 3.95. The average Bonchev–Trinajstić information content (AvgIpc) is 2.57. The minimum absolute atomic E-state index is 0.0156. The van der Waals surface area contributed by atoms with Crippen LogP contribution >= 0.6 is 0 Å². The van der Waals surface area contributed by atoms with Crippen molar-refractivity contribution in [3.63, 3.8) is 0 Å². The number of hydrazone groups is 1. The maximum atomic E-state index is 12.4. The van der Waals surface area contributed by atoms with Crippen LogP contribution in [0, 0.1) is 5.92 Å². The van der Waals surface area contributed by atoms with E-state index in [0.717, 1.165) is 32.4 Å². The molecule has 2 aliphatic heterocycles. The van der Waals surface area contributed by atoms with Crippen molar-refractivity contribution in [1.82, 2.24) is 10.3 Å². The quantitative estimate of drug-likeness (QED) is 0.924. The van der Waals surface area contributed by atoms with E-state index >= 15 is 0 Å². The molecule has 0 unspecified atom stereocenters. The SMILES string of the molecule is O=C1CCC(C(=O)N2CCC(Cc3ccccc3)CC2)=NN1. The standard InChI is InChI=1S/C17H21N3O2/c21-16-7-6-15(18-19-16)17(22)20-10-8-14(9-11-20)12-13-4-2-1-3-5-13/h1-5,14H,6-12H2,(H,19,21). The van der Waals surface area contributed by atoms with E-state index in [4.69, 9.17) is 0 Å². The molecule has 1 aromatic carbocycles. The maximum Gasteiger partial charge on any atom is 0.270 e. The van der Waals surface area contributed by atoms with Crippen molar-refractivity contribution < 1.29 is 9.59 Å². The summed E-state index contributed by atoms with van der Waals surface area (Å²) in [4.78, 5) is 25.3. The molecule has 22 heavy (non-hydrogen) atoms. The molecule has 2 heterocycles. The molecule has 5 nitrogen and oxygen atoms in total. The molecule has 0 spiro atoms. The van der Waals surface area contributed by atoms with Gasteiger partial charge in [0.25, 0.3) is 5.91 Å². The first kappa shape index (κ1) is 14.8. The first-order valence-corrected chi connectivity index (χ1v) is 7.91. The topological polar surface area (TPSA) is 61.8 Å². The largest absolute Gasteiger partial charge is 0.338 e. The van der Waals surface area contributed by atoms with Gasteiger partial charge in [0, 0.05) is 25.9 Å². The molecule has 116 valence electrons. The third kappa shape index (κ3) is 3.53. The molecule has 1 N–H and O–H groups in total. The smallest absolute Gasteiger partial charge is 0.270 e. The van der Waals surface area contributed by atoms with Crippen LogP contribution in [0.3, 0.4) is 0 Å². The number of amides is 2. The van der Waals surface area contributed by atoms with Gasteiger partial charge in [-0.2, -0.15) is 5.10 Å². The molecule has 2 aliphatic rings. The van der Waals surface area contributed by atoms with Gasteiger partial charge in [0.1, 0.15) is 5.71 Å². The second kappa shape index (κ2) is 6.73. The maximum absolute atomic E-state index is 12.4. The van der Waals surface area contributed by atoms with E-state index in [1.807, 2.05) is 11.0 Å². The Labute approximate surface area is 130 Å². The minimum Gasteiger partial charge on any atom is -0.338 e. The lowest BCUT2D eigenvalue weighted by molar-refractivity contribution is -0.125. The van der Waals surface area contributed by atoms with E-state index in [1.165, 1.54) is 5.56 Å². The first-order valence-electron chi connectivity index (χ1n) is 7.91. The summed E-state index contributed by atoms with van der Waals surface area (Å²) in [7, 11) is 0. The Balaban J connectivity index is 1.51. The molecular weight excluding hydrogens is 278 g/mol. The zero-order valence-corrected chi connectivity index (χ0v) is 12.6. The first-order chi connectivity index (χ1) is 10.7. The van der Waals surface area contributed by atoms with Crippen molar-refractivity contribution >= 4 is 17.5 Å². The van der Waals surface area contributed by atoms with Crippen LogP contribution in [-0.4, -0.2) is 35.5 Å². The lowest BCUT2D eigenvalue weighted by atomic mass is 9.90. The van der Waals surface area contributed by atoms with Crippen LogP contribution in [0.1, 0.15) is 31.2 Å². The van der Waals surface area contributed by atoms with Crippen LogP contribution in [0.15, 0.2) is 35.4 Å². The number of piperidine rings is 1. The molecule has 0 atom stereocenters. The average molecular weight is 299 g/mol. The normalized spacial score (nSPS) is 19.5. The molecule has 0 bridgehead atoms. The van der Waals surface area contributed by atoms with Gasteiger partial charge in [-0.1, -0.05) is 30.3 Å². The van der Waals surface area contributed by atoms with Crippen LogP contribution < -0.4 is 5.43 Å². The summed E-state index contributed by atoms with van der Waals surface area (Å²) in [5, 5.41) is 3.90. The van der Waals surface area contributed by atoms with E-state index in [1.54, 1.807) is 0 Å². The van der Waals surface area contributed by atoms with Gasteiger partial charge in [-0.3, -0.25) is 9.59 Å². The fourth-order valence-electron chi connectivity index (χ4n) is 3.10. The number of nitrogens with zero attached hydrogens (tertiary/aromatic N) is 2. The highest BCUT2D eigenvalue weighted by molar-refractivity contribution is 6.39. The van der Waals surface area contributed by atoms with Crippen LogP contribution in [0.25, 0.3) is 0 Å². The van der Waals surface area contributed by atoms with E-state index < -0.39 is 0 Å². The number of rotatable bonds is 3. The predicted octanol–water partition coefficient (Wildman–Crippen LogP) is 1.73. The summed E-state index contributed by atoms with van der Waals surface area (Å²) in [5.41, 5.74) is 4.25. The van der Waals surface area contributed by atoms with Gasteiger partial charge in [0.05, 0.1) is 0 Å². The Morgan fingerprint density at radius 1 is 1.18 bits per heavy atom. The fraction of sp³-hybridized carbons (Fsp3) is 0.471. The Morgan fingerprint density at radius 2 is 1.91 bits per heavy atom. The summed E-state index contributed by atoms with van der Waals surface area (Å²) < 4.78 is 0. The second-order valence-electron chi connectivity index (χ2n) is 6.02.